The number of rotatable bonds is 1. The molecule has 1 heterocycles. The van der Waals surface area contributed by atoms with Gasteiger partial charge in [0.2, 0.25) is 0 Å². The molecule has 0 unspecified atom stereocenters. The molecule has 0 aliphatic heterocycles. The van der Waals surface area contributed by atoms with E-state index in [-0.39, 0.29) is 0 Å². The van der Waals surface area contributed by atoms with E-state index in [2.05, 4.69) is 0 Å². The molecule has 68 valence electrons. The third-order valence-electron chi connectivity index (χ3n) is 1.80. The van der Waals surface area contributed by atoms with Crippen LogP contribution in [0, 0.1) is 0 Å². The molecule has 0 N–H and O–H groups in total. The van der Waals surface area contributed by atoms with E-state index in [0.29, 0.717) is 5.88 Å². The van der Waals surface area contributed by atoms with Gasteiger partial charge in [0, 0.05) is 16.6 Å². The van der Waals surface area contributed by atoms with Crippen molar-refractivity contribution in [3.05, 3.63) is 33.1 Å². The number of hydrogen-bond acceptors (Lipinski definition) is 1. The quantitative estimate of drug-likeness (QED) is 0.629. The Kier molecular flexibility index (Phi) is 2.70. The Hall–Kier alpha value is 0.0500. The molecular weight excluding hydrogens is 247 g/mol. The van der Waals surface area contributed by atoms with Crippen LogP contribution in [0.2, 0.25) is 10.0 Å². The van der Waals surface area contributed by atoms with E-state index in [0.717, 1.165) is 25.7 Å². The third kappa shape index (κ3) is 1.66. The predicted octanol–water partition coefficient (Wildman–Crippen LogP) is 4.95. The van der Waals surface area contributed by atoms with Gasteiger partial charge in [-0.1, -0.05) is 23.2 Å². The molecule has 0 spiro atoms. The van der Waals surface area contributed by atoms with Gasteiger partial charge in [0.1, 0.15) is 0 Å². The second kappa shape index (κ2) is 3.66. The van der Waals surface area contributed by atoms with Crippen LogP contribution in [-0.2, 0) is 5.88 Å². The van der Waals surface area contributed by atoms with E-state index in [1.54, 1.807) is 11.3 Å². The van der Waals surface area contributed by atoms with Crippen molar-refractivity contribution in [3.63, 3.8) is 0 Å². The smallest absolute Gasteiger partial charge is 0.0592 e. The summed E-state index contributed by atoms with van der Waals surface area (Å²) in [7, 11) is 0. The molecule has 2 aromatic rings. The molecule has 0 nitrogen and oxygen atoms in total. The maximum Gasteiger partial charge on any atom is 0.0592 e. The predicted molar refractivity (Wildman–Crippen MR) is 61.4 cm³/mol. The summed E-state index contributed by atoms with van der Waals surface area (Å²) in [4.78, 5) is 0. The van der Waals surface area contributed by atoms with E-state index in [1.807, 2.05) is 17.5 Å². The lowest BCUT2D eigenvalue weighted by Crippen LogP contribution is -1.77. The fraction of sp³-hybridized carbons (Fsp3) is 0.111. The van der Waals surface area contributed by atoms with Gasteiger partial charge >= 0.3 is 0 Å². The molecule has 0 saturated heterocycles. The molecular formula is C9H5Cl3S. The van der Waals surface area contributed by atoms with Crippen molar-refractivity contribution in [2.75, 3.05) is 0 Å². The van der Waals surface area contributed by atoms with Crippen molar-refractivity contribution in [2.45, 2.75) is 5.88 Å². The number of benzene rings is 1. The fourth-order valence-electron chi connectivity index (χ4n) is 1.20. The van der Waals surface area contributed by atoms with Gasteiger partial charge in [-0.15, -0.1) is 22.9 Å². The van der Waals surface area contributed by atoms with Crippen LogP contribution in [0.3, 0.4) is 0 Å². The van der Waals surface area contributed by atoms with E-state index in [9.17, 15) is 0 Å². The highest BCUT2D eigenvalue weighted by molar-refractivity contribution is 7.18. The minimum atomic E-state index is 0.460. The van der Waals surface area contributed by atoms with Gasteiger partial charge in [-0.05, 0) is 17.7 Å². The molecule has 1 aromatic heterocycles. The maximum absolute atomic E-state index is 6.05. The number of fused-ring (bicyclic) bond motifs is 1. The summed E-state index contributed by atoms with van der Waals surface area (Å²) in [5, 5.41) is 4.35. The van der Waals surface area contributed by atoms with Crippen LogP contribution in [0.5, 0.6) is 0 Å². The number of hydrogen-bond donors (Lipinski definition) is 0. The zero-order valence-corrected chi connectivity index (χ0v) is 9.57. The number of alkyl halides is 1. The molecule has 0 aliphatic carbocycles. The molecule has 4 heteroatoms. The van der Waals surface area contributed by atoms with Crippen molar-refractivity contribution >= 4 is 56.2 Å². The van der Waals surface area contributed by atoms with E-state index < -0.39 is 0 Å². The summed E-state index contributed by atoms with van der Waals surface area (Å²) in [5.74, 6) is 0.460. The second-order valence-electron chi connectivity index (χ2n) is 2.67. The molecule has 0 saturated carbocycles. The molecule has 2 rings (SSSR count). The first-order valence-electron chi connectivity index (χ1n) is 3.63. The highest BCUT2D eigenvalue weighted by Gasteiger charge is 2.06. The van der Waals surface area contributed by atoms with E-state index in [4.69, 9.17) is 34.8 Å². The summed E-state index contributed by atoms with van der Waals surface area (Å²) in [6, 6.07) is 3.86. The van der Waals surface area contributed by atoms with Crippen molar-refractivity contribution in [1.82, 2.24) is 0 Å². The molecule has 0 bridgehead atoms. The number of halogens is 3. The van der Waals surface area contributed by atoms with E-state index in [1.165, 1.54) is 0 Å². The van der Waals surface area contributed by atoms with Crippen LogP contribution in [0.15, 0.2) is 17.5 Å². The average molecular weight is 252 g/mol. The van der Waals surface area contributed by atoms with Crippen LogP contribution >= 0.6 is 46.1 Å². The molecule has 0 atom stereocenters. The van der Waals surface area contributed by atoms with Crippen LogP contribution in [-0.4, -0.2) is 0 Å². The summed E-state index contributed by atoms with van der Waals surface area (Å²) in [6.07, 6.45) is 0. The Balaban J connectivity index is 2.80. The van der Waals surface area contributed by atoms with Crippen molar-refractivity contribution in [2.24, 2.45) is 0 Å². The van der Waals surface area contributed by atoms with Gasteiger partial charge < -0.3 is 0 Å². The Morgan fingerprint density at radius 2 is 1.92 bits per heavy atom. The Morgan fingerprint density at radius 1 is 1.15 bits per heavy atom. The van der Waals surface area contributed by atoms with Gasteiger partial charge in [0.25, 0.3) is 0 Å². The van der Waals surface area contributed by atoms with E-state index >= 15 is 0 Å². The monoisotopic (exact) mass is 250 g/mol. The molecule has 0 aliphatic rings. The zero-order valence-electron chi connectivity index (χ0n) is 6.48. The molecule has 0 radical (unpaired) electrons. The number of thiophene rings is 1. The highest BCUT2D eigenvalue weighted by atomic mass is 35.5. The normalized spacial score (nSPS) is 11.0. The summed E-state index contributed by atoms with van der Waals surface area (Å²) >= 11 is 19.3. The van der Waals surface area contributed by atoms with Crippen LogP contribution in [0.25, 0.3) is 10.1 Å². The van der Waals surface area contributed by atoms with Crippen molar-refractivity contribution in [1.29, 1.82) is 0 Å². The summed E-state index contributed by atoms with van der Waals surface area (Å²) in [5.41, 5.74) is 1.000. The lowest BCUT2D eigenvalue weighted by Gasteiger charge is -1.98. The Morgan fingerprint density at radius 3 is 2.62 bits per heavy atom. The molecule has 0 fully saturated rings. The molecule has 13 heavy (non-hydrogen) atoms. The molecule has 0 amide bonds. The lowest BCUT2D eigenvalue weighted by molar-refractivity contribution is 1.43. The third-order valence-corrected chi connectivity index (χ3v) is 3.99. The van der Waals surface area contributed by atoms with Gasteiger partial charge in [-0.2, -0.15) is 0 Å². The van der Waals surface area contributed by atoms with Gasteiger partial charge in [-0.3, -0.25) is 0 Å². The highest BCUT2D eigenvalue weighted by Crippen LogP contribution is 2.36. The summed E-state index contributed by atoms with van der Waals surface area (Å²) < 4.78 is 1.03. The average Bonchev–Trinajstić information content (AvgIpc) is 2.48. The maximum atomic E-state index is 6.05. The first kappa shape index (κ1) is 9.60. The van der Waals surface area contributed by atoms with Crippen molar-refractivity contribution in [3.8, 4) is 0 Å². The first-order chi connectivity index (χ1) is 6.22. The minimum absolute atomic E-state index is 0.460. The fourth-order valence-corrected chi connectivity index (χ4v) is 2.88. The SMILES string of the molecule is ClCc1cc(Cl)c2scc(Cl)c2c1. The standard InChI is InChI=1S/C9H5Cl3S/c10-3-5-1-6-8(12)4-13-9(6)7(11)2-5/h1-2,4H,3H2. The van der Waals surface area contributed by atoms with Gasteiger partial charge in [0.05, 0.1) is 14.7 Å². The summed E-state index contributed by atoms with van der Waals surface area (Å²) in [6.45, 7) is 0. The minimum Gasteiger partial charge on any atom is -0.141 e. The first-order valence-corrected chi connectivity index (χ1v) is 5.80. The topological polar surface area (TPSA) is 0 Å². The zero-order chi connectivity index (χ0) is 9.42. The lowest BCUT2D eigenvalue weighted by atomic mass is 10.2. The Labute approximate surface area is 95.0 Å². The van der Waals surface area contributed by atoms with Crippen LogP contribution < -0.4 is 0 Å². The Bertz CT molecular complexity index is 447. The van der Waals surface area contributed by atoms with Crippen LogP contribution in [0.1, 0.15) is 5.56 Å². The van der Waals surface area contributed by atoms with Gasteiger partial charge in [-0.25, -0.2) is 0 Å². The van der Waals surface area contributed by atoms with Crippen molar-refractivity contribution < 1.29 is 0 Å². The van der Waals surface area contributed by atoms with Crippen LogP contribution in [0.4, 0.5) is 0 Å². The molecule has 1 aromatic carbocycles. The largest absolute Gasteiger partial charge is 0.141 e. The second-order valence-corrected chi connectivity index (χ2v) is 4.63. The van der Waals surface area contributed by atoms with Gasteiger partial charge in [0.15, 0.2) is 0 Å².